The normalized spacial score (nSPS) is 11.5. The average molecular weight is 325 g/mol. The molecule has 0 atom stereocenters. The Labute approximate surface area is 138 Å². The number of halogens is 1. The van der Waals surface area contributed by atoms with E-state index in [1.165, 1.54) is 29.8 Å². The van der Waals surface area contributed by atoms with Gasteiger partial charge in [0.2, 0.25) is 0 Å². The molecule has 0 aliphatic rings. The van der Waals surface area contributed by atoms with Crippen LogP contribution in [-0.4, -0.2) is 11.0 Å². The maximum absolute atomic E-state index is 12.9. The van der Waals surface area contributed by atoms with Gasteiger partial charge in [-0.25, -0.2) is 4.39 Å². The first-order chi connectivity index (χ1) is 11.6. The molecule has 0 spiro atoms. The van der Waals surface area contributed by atoms with Crippen LogP contribution in [-0.2, 0) is 11.4 Å². The van der Waals surface area contributed by atoms with E-state index in [1.807, 2.05) is 31.2 Å². The van der Waals surface area contributed by atoms with Crippen LogP contribution in [0.15, 0.2) is 64.3 Å². The van der Waals surface area contributed by atoms with Crippen LogP contribution < -0.4 is 5.73 Å². The first-order valence-corrected chi connectivity index (χ1v) is 7.36. The minimum Gasteiger partial charge on any atom is -0.386 e. The fourth-order valence-electron chi connectivity index (χ4n) is 2.08. The highest BCUT2D eigenvalue weighted by molar-refractivity contribution is 5.96. The van der Waals surface area contributed by atoms with Crippen molar-refractivity contribution in [1.82, 2.24) is 5.16 Å². The van der Waals surface area contributed by atoms with E-state index in [0.29, 0.717) is 11.3 Å². The molecule has 6 heteroatoms. The van der Waals surface area contributed by atoms with Gasteiger partial charge in [-0.15, -0.1) is 0 Å². The van der Waals surface area contributed by atoms with Gasteiger partial charge in [-0.1, -0.05) is 40.1 Å². The molecule has 0 amide bonds. The monoisotopic (exact) mass is 325 g/mol. The number of oxime groups is 1. The van der Waals surface area contributed by atoms with Crippen LogP contribution in [0.2, 0.25) is 0 Å². The number of nitrogens with zero attached hydrogens (tertiary/aromatic N) is 2. The number of amidine groups is 1. The molecule has 1 aromatic heterocycles. The zero-order valence-electron chi connectivity index (χ0n) is 13.1. The molecule has 0 saturated heterocycles. The Hall–Kier alpha value is -3.15. The van der Waals surface area contributed by atoms with E-state index in [-0.39, 0.29) is 18.3 Å². The number of aryl methyl sites for hydroxylation is 1. The van der Waals surface area contributed by atoms with Gasteiger partial charge in [-0.05, 0) is 31.2 Å². The van der Waals surface area contributed by atoms with Gasteiger partial charge < -0.3 is 15.1 Å². The first kappa shape index (κ1) is 15.7. The van der Waals surface area contributed by atoms with Crippen molar-refractivity contribution in [1.29, 1.82) is 0 Å². The SMILES string of the molecule is Cc1ccc(-c2cc(CO/N=C(\N)c3ccc(F)cc3)on2)cc1. The Kier molecular flexibility index (Phi) is 4.56. The third-order valence-corrected chi connectivity index (χ3v) is 3.42. The van der Waals surface area contributed by atoms with E-state index in [0.717, 1.165) is 11.3 Å². The fourth-order valence-corrected chi connectivity index (χ4v) is 2.08. The van der Waals surface area contributed by atoms with E-state index >= 15 is 0 Å². The Bertz CT molecular complexity index is 839. The standard InChI is InChI=1S/C18H16FN3O2/c1-12-2-4-13(5-3-12)17-10-16(24-21-17)11-23-22-18(20)14-6-8-15(19)9-7-14/h2-10H,11H2,1H3,(H2,20,22). The third kappa shape index (κ3) is 3.78. The highest BCUT2D eigenvalue weighted by Crippen LogP contribution is 2.20. The summed E-state index contributed by atoms with van der Waals surface area (Å²) in [6.45, 7) is 2.12. The van der Waals surface area contributed by atoms with E-state index in [1.54, 1.807) is 6.07 Å². The highest BCUT2D eigenvalue weighted by Gasteiger charge is 2.07. The lowest BCUT2D eigenvalue weighted by Crippen LogP contribution is -2.13. The van der Waals surface area contributed by atoms with Crippen LogP contribution in [0.1, 0.15) is 16.9 Å². The summed E-state index contributed by atoms with van der Waals surface area (Å²) < 4.78 is 18.1. The molecule has 0 unspecified atom stereocenters. The smallest absolute Gasteiger partial charge is 0.177 e. The topological polar surface area (TPSA) is 73.6 Å². The molecule has 24 heavy (non-hydrogen) atoms. The van der Waals surface area contributed by atoms with Gasteiger partial charge >= 0.3 is 0 Å². The van der Waals surface area contributed by atoms with Crippen molar-refractivity contribution >= 4 is 5.84 Å². The van der Waals surface area contributed by atoms with Gasteiger partial charge in [0, 0.05) is 17.2 Å². The second kappa shape index (κ2) is 6.95. The van der Waals surface area contributed by atoms with Gasteiger partial charge in [0.1, 0.15) is 11.5 Å². The van der Waals surface area contributed by atoms with Crippen molar-refractivity contribution in [3.05, 3.63) is 77.3 Å². The van der Waals surface area contributed by atoms with Crippen molar-refractivity contribution in [3.8, 4) is 11.3 Å². The molecule has 0 aliphatic carbocycles. The zero-order valence-corrected chi connectivity index (χ0v) is 13.1. The summed E-state index contributed by atoms with van der Waals surface area (Å²) in [5.74, 6) is 0.354. The van der Waals surface area contributed by atoms with Gasteiger partial charge in [-0.3, -0.25) is 0 Å². The quantitative estimate of drug-likeness (QED) is 0.442. The molecule has 5 nitrogen and oxygen atoms in total. The molecule has 0 radical (unpaired) electrons. The summed E-state index contributed by atoms with van der Waals surface area (Å²) in [5, 5.41) is 7.80. The summed E-state index contributed by atoms with van der Waals surface area (Å²) in [6, 6.07) is 15.4. The lowest BCUT2D eigenvalue weighted by atomic mass is 10.1. The highest BCUT2D eigenvalue weighted by atomic mass is 19.1. The lowest BCUT2D eigenvalue weighted by Gasteiger charge is -2.00. The van der Waals surface area contributed by atoms with Crippen LogP contribution >= 0.6 is 0 Å². The predicted octanol–water partition coefficient (Wildman–Crippen LogP) is 3.63. The number of rotatable bonds is 5. The number of hydrogen-bond donors (Lipinski definition) is 1. The Balaban J connectivity index is 1.62. The molecule has 122 valence electrons. The molecular formula is C18H16FN3O2. The summed E-state index contributed by atoms with van der Waals surface area (Å²) >= 11 is 0. The molecule has 3 aromatic rings. The van der Waals surface area contributed by atoms with Gasteiger partial charge in [-0.2, -0.15) is 0 Å². The fraction of sp³-hybridized carbons (Fsp3) is 0.111. The maximum atomic E-state index is 12.9. The Morgan fingerprint density at radius 2 is 1.88 bits per heavy atom. The number of nitrogens with two attached hydrogens (primary N) is 1. The second-order valence-corrected chi connectivity index (χ2v) is 5.30. The van der Waals surface area contributed by atoms with Crippen molar-refractivity contribution in [3.63, 3.8) is 0 Å². The van der Waals surface area contributed by atoms with Crippen LogP contribution in [0.4, 0.5) is 4.39 Å². The molecule has 1 heterocycles. The van der Waals surface area contributed by atoms with Crippen LogP contribution in [0.25, 0.3) is 11.3 Å². The summed E-state index contributed by atoms with van der Waals surface area (Å²) in [7, 11) is 0. The molecule has 3 rings (SSSR count). The van der Waals surface area contributed by atoms with Crippen molar-refractivity contribution in [2.24, 2.45) is 10.9 Å². The zero-order chi connectivity index (χ0) is 16.9. The third-order valence-electron chi connectivity index (χ3n) is 3.42. The Morgan fingerprint density at radius 3 is 2.58 bits per heavy atom. The maximum Gasteiger partial charge on any atom is 0.177 e. The molecule has 0 bridgehead atoms. The van der Waals surface area contributed by atoms with Crippen molar-refractivity contribution < 1.29 is 13.8 Å². The first-order valence-electron chi connectivity index (χ1n) is 7.36. The van der Waals surface area contributed by atoms with Crippen LogP contribution in [0, 0.1) is 12.7 Å². The second-order valence-electron chi connectivity index (χ2n) is 5.30. The Morgan fingerprint density at radius 1 is 1.17 bits per heavy atom. The minimum atomic E-state index is -0.335. The van der Waals surface area contributed by atoms with Gasteiger partial charge in [0.25, 0.3) is 0 Å². The summed E-state index contributed by atoms with van der Waals surface area (Å²) in [4.78, 5) is 5.17. The average Bonchev–Trinajstić information content (AvgIpc) is 3.05. The largest absolute Gasteiger partial charge is 0.386 e. The van der Waals surface area contributed by atoms with E-state index in [4.69, 9.17) is 15.1 Å². The minimum absolute atomic E-state index is 0.0980. The lowest BCUT2D eigenvalue weighted by molar-refractivity contribution is 0.109. The molecule has 0 aliphatic heterocycles. The van der Waals surface area contributed by atoms with Crippen molar-refractivity contribution in [2.75, 3.05) is 0 Å². The molecule has 2 aromatic carbocycles. The number of aromatic nitrogens is 1. The molecular weight excluding hydrogens is 309 g/mol. The summed E-state index contributed by atoms with van der Waals surface area (Å²) in [6.07, 6.45) is 0. The van der Waals surface area contributed by atoms with E-state index in [9.17, 15) is 4.39 Å². The molecule has 0 saturated carbocycles. The molecule has 0 fully saturated rings. The number of benzene rings is 2. The predicted molar refractivity (Wildman–Crippen MR) is 88.6 cm³/mol. The van der Waals surface area contributed by atoms with E-state index < -0.39 is 0 Å². The van der Waals surface area contributed by atoms with E-state index in [2.05, 4.69) is 10.3 Å². The van der Waals surface area contributed by atoms with Gasteiger partial charge in [0.15, 0.2) is 18.2 Å². The molecule has 2 N–H and O–H groups in total. The number of hydrogen-bond acceptors (Lipinski definition) is 4. The van der Waals surface area contributed by atoms with Crippen LogP contribution in [0.5, 0.6) is 0 Å². The van der Waals surface area contributed by atoms with Crippen molar-refractivity contribution in [2.45, 2.75) is 13.5 Å². The van der Waals surface area contributed by atoms with Crippen LogP contribution in [0.3, 0.4) is 0 Å². The summed E-state index contributed by atoms with van der Waals surface area (Å²) in [5.41, 5.74) is 9.22. The van der Waals surface area contributed by atoms with Gasteiger partial charge in [0.05, 0.1) is 0 Å².